The Morgan fingerprint density at radius 2 is 1.91 bits per heavy atom. The van der Waals surface area contributed by atoms with Crippen LogP contribution in [0, 0.1) is 5.92 Å². The molecule has 1 aliphatic carbocycles. The van der Waals surface area contributed by atoms with Crippen LogP contribution in [0.3, 0.4) is 0 Å². The molecular formula is C24H24N4O4S. The van der Waals surface area contributed by atoms with Gasteiger partial charge in [0.25, 0.3) is 5.91 Å². The number of thiazole rings is 1. The van der Waals surface area contributed by atoms with Gasteiger partial charge in [0.2, 0.25) is 11.8 Å². The summed E-state index contributed by atoms with van der Waals surface area (Å²) in [4.78, 5) is 43.4. The smallest absolute Gasteiger partial charge is 0.265 e. The lowest BCUT2D eigenvalue weighted by atomic mass is 9.89. The number of para-hydroxylation sites is 2. The van der Waals surface area contributed by atoms with Gasteiger partial charge in [-0.05, 0) is 43.2 Å². The number of hydrogen-bond donors (Lipinski definition) is 2. The molecule has 3 amide bonds. The minimum absolute atomic E-state index is 0.0396. The number of carbonyl (C=O) groups excluding carboxylic acids is 3. The number of anilines is 3. The molecule has 2 heterocycles. The maximum absolute atomic E-state index is 12.7. The predicted octanol–water partition coefficient (Wildman–Crippen LogP) is 4.18. The summed E-state index contributed by atoms with van der Waals surface area (Å²) in [6, 6.07) is 12.6. The third kappa shape index (κ3) is 4.68. The van der Waals surface area contributed by atoms with Crippen molar-refractivity contribution in [2.75, 3.05) is 28.7 Å². The van der Waals surface area contributed by atoms with Crippen LogP contribution in [0.2, 0.25) is 0 Å². The number of fused-ring (bicyclic) bond motifs is 2. The van der Waals surface area contributed by atoms with Crippen LogP contribution in [0.5, 0.6) is 5.75 Å². The first-order valence-electron chi connectivity index (χ1n) is 11.1. The molecule has 1 saturated carbocycles. The largest absolute Gasteiger partial charge is 0.482 e. The standard InChI is InChI=1S/C24H24N4O4S/c29-21(13-28-18-8-4-5-9-19(18)32-14-22(28)30)25-16-10-11-20-17(12-16)26-24(33-20)27-23(31)15-6-2-1-3-7-15/h4-5,8-12,15H,1-3,6-7,13-14H2,(H,25,29)(H,26,27,31). The Labute approximate surface area is 194 Å². The number of hydrogen-bond acceptors (Lipinski definition) is 6. The lowest BCUT2D eigenvalue weighted by Gasteiger charge is -2.28. The quantitative estimate of drug-likeness (QED) is 0.590. The molecule has 170 valence electrons. The Morgan fingerprint density at radius 3 is 2.76 bits per heavy atom. The molecule has 9 heteroatoms. The summed E-state index contributed by atoms with van der Waals surface area (Å²) in [5.41, 5.74) is 1.86. The Kier molecular flexibility index (Phi) is 5.95. The van der Waals surface area contributed by atoms with Gasteiger partial charge in [-0.15, -0.1) is 0 Å². The zero-order valence-corrected chi connectivity index (χ0v) is 18.8. The number of rotatable bonds is 5. The number of carbonyl (C=O) groups is 3. The maximum Gasteiger partial charge on any atom is 0.265 e. The van der Waals surface area contributed by atoms with E-state index in [4.69, 9.17) is 4.74 Å². The van der Waals surface area contributed by atoms with E-state index in [1.165, 1.54) is 22.7 Å². The van der Waals surface area contributed by atoms with E-state index in [9.17, 15) is 14.4 Å². The van der Waals surface area contributed by atoms with E-state index in [0.29, 0.717) is 27.8 Å². The van der Waals surface area contributed by atoms with Crippen molar-refractivity contribution >= 4 is 55.8 Å². The monoisotopic (exact) mass is 464 g/mol. The topological polar surface area (TPSA) is 101 Å². The summed E-state index contributed by atoms with van der Waals surface area (Å²) in [5, 5.41) is 6.36. The van der Waals surface area contributed by atoms with Crippen molar-refractivity contribution < 1.29 is 19.1 Å². The maximum atomic E-state index is 12.7. The Balaban J connectivity index is 1.25. The number of nitrogens with one attached hydrogen (secondary N) is 2. The Hall–Kier alpha value is -3.46. The molecule has 0 bridgehead atoms. The fourth-order valence-corrected chi connectivity index (χ4v) is 5.15. The predicted molar refractivity (Wildman–Crippen MR) is 128 cm³/mol. The van der Waals surface area contributed by atoms with Crippen molar-refractivity contribution in [2.24, 2.45) is 5.92 Å². The summed E-state index contributed by atoms with van der Waals surface area (Å²) in [7, 11) is 0. The van der Waals surface area contributed by atoms with Crippen LogP contribution >= 0.6 is 11.3 Å². The van der Waals surface area contributed by atoms with E-state index in [0.717, 1.165) is 30.4 Å². The van der Waals surface area contributed by atoms with Crippen molar-refractivity contribution in [1.29, 1.82) is 0 Å². The highest BCUT2D eigenvalue weighted by molar-refractivity contribution is 7.22. The summed E-state index contributed by atoms with van der Waals surface area (Å²) in [6.45, 7) is -0.207. The molecule has 1 aromatic heterocycles. The first-order valence-corrected chi connectivity index (χ1v) is 11.9. The average molecular weight is 465 g/mol. The molecule has 2 aliphatic rings. The van der Waals surface area contributed by atoms with Crippen molar-refractivity contribution in [3.05, 3.63) is 42.5 Å². The lowest BCUT2D eigenvalue weighted by molar-refractivity contribution is -0.123. The third-order valence-electron chi connectivity index (χ3n) is 5.99. The SMILES string of the molecule is O=C(CN1C(=O)COc2ccccc21)Nc1ccc2sc(NC(=O)C3CCCCC3)nc2c1. The molecule has 1 aliphatic heterocycles. The fraction of sp³-hybridized carbons (Fsp3) is 0.333. The number of amides is 3. The first kappa shape index (κ1) is 21.4. The molecular weight excluding hydrogens is 440 g/mol. The van der Waals surface area contributed by atoms with Gasteiger partial charge in [-0.1, -0.05) is 42.7 Å². The second-order valence-corrected chi connectivity index (χ2v) is 9.34. The van der Waals surface area contributed by atoms with Crippen LogP contribution in [-0.2, 0) is 14.4 Å². The average Bonchev–Trinajstić information content (AvgIpc) is 3.23. The second-order valence-electron chi connectivity index (χ2n) is 8.31. The normalized spacial score (nSPS) is 16.2. The number of nitrogens with zero attached hydrogens (tertiary/aromatic N) is 2. The van der Waals surface area contributed by atoms with Gasteiger partial charge in [-0.25, -0.2) is 4.98 Å². The second kappa shape index (κ2) is 9.19. The van der Waals surface area contributed by atoms with Gasteiger partial charge >= 0.3 is 0 Å². The highest BCUT2D eigenvalue weighted by Crippen LogP contribution is 2.32. The van der Waals surface area contributed by atoms with Crippen molar-refractivity contribution in [2.45, 2.75) is 32.1 Å². The Morgan fingerprint density at radius 1 is 1.09 bits per heavy atom. The van der Waals surface area contributed by atoms with Gasteiger partial charge in [-0.3, -0.25) is 19.3 Å². The van der Waals surface area contributed by atoms with Crippen LogP contribution in [0.25, 0.3) is 10.2 Å². The molecule has 2 N–H and O–H groups in total. The summed E-state index contributed by atoms with van der Waals surface area (Å²) in [6.07, 6.45) is 5.27. The Bertz CT molecular complexity index is 1220. The molecule has 3 aromatic rings. The van der Waals surface area contributed by atoms with Crippen LogP contribution in [0.15, 0.2) is 42.5 Å². The van der Waals surface area contributed by atoms with E-state index in [-0.39, 0.29) is 36.8 Å². The minimum atomic E-state index is -0.319. The zero-order valence-electron chi connectivity index (χ0n) is 18.0. The highest BCUT2D eigenvalue weighted by atomic mass is 32.1. The number of benzene rings is 2. The van der Waals surface area contributed by atoms with Gasteiger partial charge in [0.15, 0.2) is 11.7 Å². The van der Waals surface area contributed by atoms with Crippen LogP contribution in [0.4, 0.5) is 16.5 Å². The molecule has 0 unspecified atom stereocenters. The van der Waals surface area contributed by atoms with E-state index in [1.807, 2.05) is 12.1 Å². The van der Waals surface area contributed by atoms with Gasteiger partial charge in [0.1, 0.15) is 12.3 Å². The number of aromatic nitrogens is 1. The lowest BCUT2D eigenvalue weighted by Crippen LogP contribution is -2.43. The molecule has 0 spiro atoms. The van der Waals surface area contributed by atoms with Crippen molar-refractivity contribution in [3.63, 3.8) is 0 Å². The minimum Gasteiger partial charge on any atom is -0.482 e. The summed E-state index contributed by atoms with van der Waals surface area (Å²) < 4.78 is 6.34. The molecule has 0 atom stereocenters. The molecule has 1 fully saturated rings. The number of ether oxygens (including phenoxy) is 1. The van der Waals surface area contributed by atoms with E-state index >= 15 is 0 Å². The van der Waals surface area contributed by atoms with Crippen molar-refractivity contribution in [3.8, 4) is 5.75 Å². The van der Waals surface area contributed by atoms with Crippen molar-refractivity contribution in [1.82, 2.24) is 4.98 Å². The van der Waals surface area contributed by atoms with Crippen LogP contribution < -0.4 is 20.3 Å². The molecule has 0 saturated heterocycles. The summed E-state index contributed by atoms with van der Waals surface area (Å²) in [5.74, 6) is 0.0978. The van der Waals surface area contributed by atoms with Crippen LogP contribution in [-0.4, -0.2) is 35.9 Å². The van der Waals surface area contributed by atoms with Gasteiger partial charge in [0, 0.05) is 11.6 Å². The van der Waals surface area contributed by atoms with E-state index < -0.39 is 0 Å². The van der Waals surface area contributed by atoms with E-state index in [1.54, 1.807) is 30.3 Å². The van der Waals surface area contributed by atoms with E-state index in [2.05, 4.69) is 15.6 Å². The zero-order chi connectivity index (χ0) is 22.8. The van der Waals surface area contributed by atoms with Gasteiger partial charge < -0.3 is 15.4 Å². The fourth-order valence-electron chi connectivity index (χ4n) is 4.30. The highest BCUT2D eigenvalue weighted by Gasteiger charge is 2.27. The molecule has 33 heavy (non-hydrogen) atoms. The van der Waals surface area contributed by atoms with Crippen LogP contribution in [0.1, 0.15) is 32.1 Å². The molecule has 0 radical (unpaired) electrons. The molecule has 2 aromatic carbocycles. The van der Waals surface area contributed by atoms with Gasteiger partial charge in [-0.2, -0.15) is 0 Å². The molecule has 8 nitrogen and oxygen atoms in total. The first-order chi connectivity index (χ1) is 16.1. The summed E-state index contributed by atoms with van der Waals surface area (Å²) >= 11 is 1.42. The van der Waals surface area contributed by atoms with Gasteiger partial charge in [0.05, 0.1) is 15.9 Å². The third-order valence-corrected chi connectivity index (χ3v) is 6.94. The molecule has 5 rings (SSSR count).